The summed E-state index contributed by atoms with van der Waals surface area (Å²) < 4.78 is 5.55. The molecule has 0 spiro atoms. The maximum absolute atomic E-state index is 13.1. The van der Waals surface area contributed by atoms with Gasteiger partial charge in [0.15, 0.2) is 0 Å². The van der Waals surface area contributed by atoms with Crippen LogP contribution < -0.4 is 0 Å². The largest absolute Gasteiger partial charge is 0.379 e. The van der Waals surface area contributed by atoms with Gasteiger partial charge in [-0.3, -0.25) is 14.5 Å². The van der Waals surface area contributed by atoms with Crippen molar-refractivity contribution in [2.75, 3.05) is 26.2 Å². The smallest absolute Gasteiger partial charge is 0.277 e. The van der Waals surface area contributed by atoms with Crippen LogP contribution in [0.25, 0.3) is 5.57 Å². The molecule has 1 aromatic rings. The fourth-order valence-electron chi connectivity index (χ4n) is 3.60. The third kappa shape index (κ3) is 4.53. The van der Waals surface area contributed by atoms with Crippen LogP contribution in [0.5, 0.6) is 0 Å². The van der Waals surface area contributed by atoms with Crippen LogP contribution in [0.3, 0.4) is 0 Å². The molecule has 1 fully saturated rings. The van der Waals surface area contributed by atoms with Crippen molar-refractivity contribution in [3.63, 3.8) is 0 Å². The number of hydrogen-bond acceptors (Lipinski definition) is 4. The number of benzene rings is 1. The lowest BCUT2D eigenvalue weighted by Gasteiger charge is -2.29. The second-order valence-corrected chi connectivity index (χ2v) is 7.75. The molecular weight excluding hydrogens is 364 g/mol. The number of nitrogens with zero attached hydrogens (tertiary/aromatic N) is 2. The zero-order valence-corrected chi connectivity index (χ0v) is 16.8. The summed E-state index contributed by atoms with van der Waals surface area (Å²) in [6.45, 7) is 6.48. The minimum absolute atomic E-state index is 0.140. The van der Waals surface area contributed by atoms with Gasteiger partial charge in [-0.2, -0.15) is 0 Å². The van der Waals surface area contributed by atoms with Gasteiger partial charge in [-0.05, 0) is 57.2 Å². The molecule has 0 radical (unpaired) electrons. The Morgan fingerprint density at radius 3 is 2.33 bits per heavy atom. The number of carbonyl (C=O) groups excluding carboxylic acids is 2. The molecule has 0 aromatic heterocycles. The first-order chi connectivity index (χ1) is 13.0. The molecule has 0 atom stereocenters. The summed E-state index contributed by atoms with van der Waals surface area (Å²) in [5.41, 5.74) is 1.80. The summed E-state index contributed by atoms with van der Waals surface area (Å²) in [7, 11) is 0. The first-order valence-electron chi connectivity index (χ1n) is 9.72. The second-order valence-electron chi connectivity index (χ2n) is 7.31. The quantitative estimate of drug-likeness (QED) is 0.526. The maximum Gasteiger partial charge on any atom is 0.277 e. The SMILES string of the molecule is CC(C)OCCCN1C(=O)C(c2ccc(Cl)cc2)=C(N2CCCCC2)C1=O. The van der Waals surface area contributed by atoms with Crippen LogP contribution in [-0.4, -0.2) is 54.0 Å². The van der Waals surface area contributed by atoms with Gasteiger partial charge in [0.1, 0.15) is 5.70 Å². The second kappa shape index (κ2) is 8.89. The molecule has 1 aromatic carbocycles. The van der Waals surface area contributed by atoms with E-state index in [-0.39, 0.29) is 17.9 Å². The summed E-state index contributed by atoms with van der Waals surface area (Å²) in [6.07, 6.45) is 4.03. The zero-order chi connectivity index (χ0) is 19.4. The predicted octanol–water partition coefficient (Wildman–Crippen LogP) is 3.72. The fourth-order valence-corrected chi connectivity index (χ4v) is 3.72. The van der Waals surface area contributed by atoms with Crippen LogP contribution >= 0.6 is 11.6 Å². The summed E-state index contributed by atoms with van der Waals surface area (Å²) in [5.74, 6) is -0.399. The van der Waals surface area contributed by atoms with E-state index in [1.807, 2.05) is 26.0 Å². The molecular formula is C21H27ClN2O3. The number of rotatable bonds is 7. The minimum atomic E-state index is -0.215. The minimum Gasteiger partial charge on any atom is -0.379 e. The topological polar surface area (TPSA) is 49.9 Å². The van der Waals surface area contributed by atoms with Gasteiger partial charge in [0.2, 0.25) is 0 Å². The monoisotopic (exact) mass is 390 g/mol. The lowest BCUT2D eigenvalue weighted by atomic mass is 10.0. The Balaban J connectivity index is 1.86. The highest BCUT2D eigenvalue weighted by Crippen LogP contribution is 2.33. The average molecular weight is 391 g/mol. The van der Waals surface area contributed by atoms with Gasteiger partial charge in [-0.15, -0.1) is 0 Å². The molecule has 5 nitrogen and oxygen atoms in total. The number of likely N-dealkylation sites (tertiary alicyclic amines) is 1. The van der Waals surface area contributed by atoms with Crippen molar-refractivity contribution in [3.05, 3.63) is 40.5 Å². The van der Waals surface area contributed by atoms with Crippen molar-refractivity contribution in [3.8, 4) is 0 Å². The van der Waals surface area contributed by atoms with E-state index in [1.165, 1.54) is 11.3 Å². The Morgan fingerprint density at radius 1 is 1.04 bits per heavy atom. The van der Waals surface area contributed by atoms with E-state index >= 15 is 0 Å². The molecule has 0 aliphatic carbocycles. The number of amides is 2. The van der Waals surface area contributed by atoms with E-state index in [1.54, 1.807) is 12.1 Å². The average Bonchev–Trinajstić information content (AvgIpc) is 2.90. The third-order valence-corrected chi connectivity index (χ3v) is 5.18. The van der Waals surface area contributed by atoms with Crippen molar-refractivity contribution in [1.29, 1.82) is 0 Å². The van der Waals surface area contributed by atoms with Gasteiger partial charge < -0.3 is 9.64 Å². The number of carbonyl (C=O) groups is 2. The van der Waals surface area contributed by atoms with E-state index in [2.05, 4.69) is 4.90 Å². The number of halogens is 1. The van der Waals surface area contributed by atoms with Crippen molar-refractivity contribution in [1.82, 2.24) is 9.80 Å². The highest BCUT2D eigenvalue weighted by atomic mass is 35.5. The van der Waals surface area contributed by atoms with Crippen LogP contribution in [0.1, 0.15) is 45.1 Å². The maximum atomic E-state index is 13.1. The van der Waals surface area contributed by atoms with Gasteiger partial charge >= 0.3 is 0 Å². The third-order valence-electron chi connectivity index (χ3n) is 4.93. The van der Waals surface area contributed by atoms with Gasteiger partial charge in [0.05, 0.1) is 11.7 Å². The van der Waals surface area contributed by atoms with Crippen LogP contribution in [-0.2, 0) is 14.3 Å². The molecule has 2 heterocycles. The molecule has 0 N–H and O–H groups in total. The first kappa shape index (κ1) is 19.9. The van der Waals surface area contributed by atoms with Crippen LogP contribution in [0.2, 0.25) is 5.02 Å². The normalized spacial score (nSPS) is 18.2. The molecule has 0 unspecified atom stereocenters. The van der Waals surface area contributed by atoms with E-state index in [4.69, 9.17) is 16.3 Å². The van der Waals surface area contributed by atoms with Crippen molar-refractivity contribution < 1.29 is 14.3 Å². The number of imide groups is 1. The molecule has 2 aliphatic heterocycles. The van der Waals surface area contributed by atoms with Gasteiger partial charge in [0.25, 0.3) is 11.8 Å². The summed E-state index contributed by atoms with van der Waals surface area (Å²) in [6, 6.07) is 7.15. The van der Waals surface area contributed by atoms with Crippen molar-refractivity contribution >= 4 is 29.0 Å². The van der Waals surface area contributed by atoms with Crippen LogP contribution in [0.4, 0.5) is 0 Å². The Hall–Kier alpha value is -1.85. The van der Waals surface area contributed by atoms with E-state index in [0.29, 0.717) is 35.9 Å². The molecule has 1 saturated heterocycles. The fraction of sp³-hybridized carbons (Fsp3) is 0.524. The van der Waals surface area contributed by atoms with Gasteiger partial charge in [-0.1, -0.05) is 23.7 Å². The van der Waals surface area contributed by atoms with Gasteiger partial charge in [-0.25, -0.2) is 0 Å². The molecule has 0 saturated carbocycles. The molecule has 2 aliphatic rings. The summed E-state index contributed by atoms with van der Waals surface area (Å²) in [4.78, 5) is 29.7. The molecule has 27 heavy (non-hydrogen) atoms. The zero-order valence-electron chi connectivity index (χ0n) is 16.0. The Labute approximate surface area is 165 Å². The van der Waals surface area contributed by atoms with Crippen molar-refractivity contribution in [2.24, 2.45) is 0 Å². The number of ether oxygens (including phenoxy) is 1. The standard InChI is InChI=1S/C21H27ClN2O3/c1-15(2)27-14-6-13-24-20(25)18(16-7-9-17(22)10-8-16)19(21(24)26)23-11-4-3-5-12-23/h7-10,15H,3-6,11-14H2,1-2H3. The molecule has 3 rings (SSSR count). The first-order valence-corrected chi connectivity index (χ1v) is 10.1. The highest BCUT2D eigenvalue weighted by molar-refractivity contribution is 6.36. The molecule has 6 heteroatoms. The number of hydrogen-bond donors (Lipinski definition) is 0. The lowest BCUT2D eigenvalue weighted by Crippen LogP contribution is -2.38. The molecule has 2 amide bonds. The van der Waals surface area contributed by atoms with E-state index < -0.39 is 0 Å². The van der Waals surface area contributed by atoms with Crippen LogP contribution in [0.15, 0.2) is 30.0 Å². The van der Waals surface area contributed by atoms with E-state index in [0.717, 1.165) is 31.5 Å². The Bertz CT molecular complexity index is 721. The van der Waals surface area contributed by atoms with Crippen molar-refractivity contribution in [2.45, 2.75) is 45.6 Å². The molecule has 146 valence electrons. The number of piperidine rings is 1. The molecule has 0 bridgehead atoms. The highest BCUT2D eigenvalue weighted by Gasteiger charge is 2.41. The summed E-state index contributed by atoms with van der Waals surface area (Å²) >= 11 is 6.00. The lowest BCUT2D eigenvalue weighted by molar-refractivity contribution is -0.137. The predicted molar refractivity (Wildman–Crippen MR) is 106 cm³/mol. The van der Waals surface area contributed by atoms with Gasteiger partial charge in [0, 0.05) is 31.3 Å². The van der Waals surface area contributed by atoms with Crippen LogP contribution in [0, 0.1) is 0 Å². The Morgan fingerprint density at radius 2 is 1.70 bits per heavy atom. The van der Waals surface area contributed by atoms with E-state index in [9.17, 15) is 9.59 Å². The Kier molecular flexibility index (Phi) is 6.55. The summed E-state index contributed by atoms with van der Waals surface area (Å²) in [5, 5.41) is 0.610.